The highest BCUT2D eigenvalue weighted by atomic mass is 16.3. The Morgan fingerprint density at radius 2 is 0.351 bits per heavy atom. The van der Waals surface area contributed by atoms with Gasteiger partial charge in [0.05, 0.1) is 0 Å². The number of benzene rings is 15. The Morgan fingerprint density at radius 3 is 0.595 bits per heavy atom. The third-order valence-corrected chi connectivity index (χ3v) is 25.2. The number of para-hydroxylation sites is 2. The van der Waals surface area contributed by atoms with Crippen LogP contribution in [0.2, 0.25) is 0 Å². The van der Waals surface area contributed by atoms with Crippen LogP contribution in [0.5, 0.6) is 86.2 Å². The molecule has 0 amide bonds. The molecule has 15 heteroatoms. The first-order valence-electron chi connectivity index (χ1n) is 43.8. The third kappa shape index (κ3) is 21.8. The average Bonchev–Trinajstić information content (AvgIpc) is 0.789. The Kier molecular flexibility index (Phi) is 30.1. The van der Waals surface area contributed by atoms with Gasteiger partial charge in [-0.15, -0.1) is 0 Å². The van der Waals surface area contributed by atoms with Crippen LogP contribution in [0.4, 0.5) is 0 Å². The minimum absolute atomic E-state index is 0.0609. The van der Waals surface area contributed by atoms with Crippen molar-refractivity contribution < 1.29 is 76.6 Å². The van der Waals surface area contributed by atoms with E-state index in [9.17, 15) is 76.6 Å². The summed E-state index contributed by atoms with van der Waals surface area (Å²) in [6, 6.07) is 73.2. The van der Waals surface area contributed by atoms with E-state index in [0.29, 0.717) is 23.0 Å². The molecule has 0 spiro atoms. The standard InChI is InChI=1S/C24H26O3.4C23H24O3/c1-13-6-7-18(23(27)8-13)24(19-9-16(4)21(25)11-14(19)2)20-10-17(5)22(26)12-15(20)3;1-13-11-21(25)15(3)9-19(13)23(17-5-7-18(24)8-6-17)20-10-16(4)22(26)12-14(20)2;1-13-9-18(10-14(2)22(13)25)21(17-5-7-20(24)8-6-17)19-11-15(3)23(26)16(4)12-19;1-13-11-21(25)15(3)9-18(13)23(17-7-5-6-8-20(17)24)19-10-16(4)22(26)12-14(19)2;1-13-9-17(10-14(2)22(13)25)21(19-7-5-6-8-20(19)24)18-11-15(3)23(26)16(4)12-18/h6-12,24-27H,1-5H3;5-12,23-26H,1-4H3;5-12,21,24-26H,1-4H3;5-12,23-26H,1-4H3;5-12,21,24-26H,1-4H3. The fraction of sp³-hybridized carbons (Fsp3) is 0.224. The van der Waals surface area contributed by atoms with E-state index >= 15 is 0 Å². The lowest BCUT2D eigenvalue weighted by Crippen LogP contribution is -2.08. The maximum Gasteiger partial charge on any atom is 0.121 e. The van der Waals surface area contributed by atoms with Crippen LogP contribution in [0.25, 0.3) is 0 Å². The Balaban J connectivity index is 0.000000158. The van der Waals surface area contributed by atoms with Crippen molar-refractivity contribution in [2.45, 2.75) is 175 Å². The summed E-state index contributed by atoms with van der Waals surface area (Å²) in [5, 5.41) is 152. The van der Waals surface area contributed by atoms with Gasteiger partial charge in [-0.2, -0.15) is 0 Å². The van der Waals surface area contributed by atoms with Crippen LogP contribution in [-0.2, 0) is 0 Å². The molecular weight excluding hydrogens is 1630 g/mol. The van der Waals surface area contributed by atoms with Gasteiger partial charge in [-0.05, 0) is 408 Å². The first-order valence-corrected chi connectivity index (χ1v) is 43.8. The zero-order valence-electron chi connectivity index (χ0n) is 78.6. The lowest BCUT2D eigenvalue weighted by atomic mass is 9.79. The predicted octanol–water partition coefficient (Wildman–Crippen LogP) is 26.4. The zero-order valence-corrected chi connectivity index (χ0v) is 78.6. The molecule has 15 aromatic carbocycles. The molecular formula is C116H122O15. The Bertz CT molecular complexity index is 6370. The van der Waals surface area contributed by atoms with Crippen molar-refractivity contribution in [3.05, 3.63) is 437 Å². The van der Waals surface area contributed by atoms with Gasteiger partial charge >= 0.3 is 0 Å². The molecule has 0 aromatic heterocycles. The maximum atomic E-state index is 10.7. The summed E-state index contributed by atoms with van der Waals surface area (Å²) in [6.45, 7) is 40.1. The lowest BCUT2D eigenvalue weighted by Gasteiger charge is -2.25. The van der Waals surface area contributed by atoms with Gasteiger partial charge in [0, 0.05) is 46.3 Å². The molecule has 15 N–H and O–H groups in total. The quantitative estimate of drug-likeness (QED) is 0.0425. The molecule has 0 aliphatic carbocycles. The molecule has 0 fully saturated rings. The molecule has 676 valence electrons. The van der Waals surface area contributed by atoms with E-state index in [1.807, 2.05) is 291 Å². The highest BCUT2D eigenvalue weighted by Gasteiger charge is 2.30. The van der Waals surface area contributed by atoms with Crippen molar-refractivity contribution in [1.29, 1.82) is 0 Å². The van der Waals surface area contributed by atoms with Crippen LogP contribution in [0, 0.1) is 145 Å². The largest absolute Gasteiger partial charge is 0.508 e. The average molecular weight is 1760 g/mol. The van der Waals surface area contributed by atoms with E-state index in [1.54, 1.807) is 91.0 Å². The van der Waals surface area contributed by atoms with Crippen molar-refractivity contribution in [3.63, 3.8) is 0 Å². The summed E-state index contributed by atoms with van der Waals surface area (Å²) < 4.78 is 0. The second-order valence-corrected chi connectivity index (χ2v) is 35.5. The van der Waals surface area contributed by atoms with E-state index in [-0.39, 0.29) is 92.8 Å². The molecule has 0 radical (unpaired) electrons. The van der Waals surface area contributed by atoms with Crippen molar-refractivity contribution in [2.24, 2.45) is 0 Å². The molecule has 0 bridgehead atoms. The molecule has 0 saturated carbocycles. The minimum Gasteiger partial charge on any atom is -0.508 e. The Hall–Kier alpha value is -14.7. The van der Waals surface area contributed by atoms with Crippen LogP contribution in [-0.4, -0.2) is 76.6 Å². The number of aryl methyl sites for hydroxylation is 21. The van der Waals surface area contributed by atoms with Crippen LogP contribution < -0.4 is 0 Å². The van der Waals surface area contributed by atoms with Gasteiger partial charge < -0.3 is 76.6 Å². The number of hydrogen-bond acceptors (Lipinski definition) is 15. The van der Waals surface area contributed by atoms with Gasteiger partial charge in [0.15, 0.2) is 0 Å². The number of phenolic OH excluding ortho intramolecular Hbond substituents is 15. The first kappa shape index (κ1) is 96.9. The summed E-state index contributed by atoms with van der Waals surface area (Å²) >= 11 is 0. The number of phenols is 15. The van der Waals surface area contributed by atoms with Crippen LogP contribution in [0.15, 0.2) is 237 Å². The van der Waals surface area contributed by atoms with Crippen molar-refractivity contribution in [1.82, 2.24) is 0 Å². The van der Waals surface area contributed by atoms with E-state index in [1.165, 1.54) is 0 Å². The van der Waals surface area contributed by atoms with E-state index in [2.05, 4.69) is 0 Å². The van der Waals surface area contributed by atoms with Crippen molar-refractivity contribution in [2.75, 3.05) is 0 Å². The normalized spacial score (nSPS) is 11.1. The van der Waals surface area contributed by atoms with E-state index < -0.39 is 0 Å². The van der Waals surface area contributed by atoms with Gasteiger partial charge in [-0.3, -0.25) is 0 Å². The second kappa shape index (κ2) is 40.7. The summed E-state index contributed by atoms with van der Waals surface area (Å²) in [5.74, 6) is 3.28. The molecule has 15 aromatic rings. The second-order valence-electron chi connectivity index (χ2n) is 35.5. The molecule has 131 heavy (non-hydrogen) atoms. The fourth-order valence-corrected chi connectivity index (χ4v) is 17.8. The molecule has 0 aliphatic rings. The molecule has 15 rings (SSSR count). The summed E-state index contributed by atoms with van der Waals surface area (Å²) in [4.78, 5) is 0. The van der Waals surface area contributed by atoms with Gasteiger partial charge in [0.25, 0.3) is 0 Å². The zero-order chi connectivity index (χ0) is 95.9. The summed E-state index contributed by atoms with van der Waals surface area (Å²) in [6.07, 6.45) is 0. The molecule has 0 atom stereocenters. The highest BCUT2D eigenvalue weighted by molar-refractivity contribution is 5.63. The number of rotatable bonds is 15. The van der Waals surface area contributed by atoms with Crippen LogP contribution in [0.1, 0.15) is 230 Å². The smallest absolute Gasteiger partial charge is 0.121 e. The molecule has 0 heterocycles. The lowest BCUT2D eigenvalue weighted by molar-refractivity contribution is 0.463. The SMILES string of the molecule is Cc1cc(C(c2cc(C)c(O)c(C)c2)c2ccccc2O)cc(C)c1O.Cc1cc(C(c2cc(C)c(O)cc2C)c2ccccc2O)c(C)cc1O.Cc1cc(C(c2ccc(O)cc2)c2cc(C)c(O)c(C)c2)cc(C)c1O.Cc1cc(C(c2ccc(O)cc2)c2cc(C)c(O)cc2C)c(C)cc1O.Cc1ccc(C(c2cc(C)c(O)cc2C)c2cc(C)c(O)cc2C)c(O)c1. The number of hydrogen-bond donors (Lipinski definition) is 15. The van der Waals surface area contributed by atoms with E-state index in [0.717, 1.165) is 200 Å². The first-order chi connectivity index (χ1) is 61.8. The van der Waals surface area contributed by atoms with Crippen LogP contribution in [0.3, 0.4) is 0 Å². The molecule has 0 unspecified atom stereocenters. The molecule has 0 saturated heterocycles. The monoisotopic (exact) mass is 1750 g/mol. The maximum absolute atomic E-state index is 10.7. The summed E-state index contributed by atoms with van der Waals surface area (Å²) in [5.41, 5.74) is 33.0. The summed E-state index contributed by atoms with van der Waals surface area (Å²) in [7, 11) is 0. The molecule has 15 nitrogen and oxygen atoms in total. The van der Waals surface area contributed by atoms with Gasteiger partial charge in [-0.1, -0.05) is 158 Å². The Labute approximate surface area is 770 Å². The Morgan fingerprint density at radius 1 is 0.137 bits per heavy atom. The van der Waals surface area contributed by atoms with Crippen LogP contribution >= 0.6 is 0 Å². The highest BCUT2D eigenvalue weighted by Crippen LogP contribution is 2.49. The van der Waals surface area contributed by atoms with Gasteiger partial charge in [0.2, 0.25) is 0 Å². The minimum atomic E-state index is -0.204. The van der Waals surface area contributed by atoms with Gasteiger partial charge in [-0.25, -0.2) is 0 Å². The number of aromatic hydroxyl groups is 15. The predicted molar refractivity (Wildman–Crippen MR) is 526 cm³/mol. The van der Waals surface area contributed by atoms with Crippen molar-refractivity contribution >= 4 is 0 Å². The van der Waals surface area contributed by atoms with Crippen molar-refractivity contribution in [3.8, 4) is 86.2 Å². The van der Waals surface area contributed by atoms with E-state index in [4.69, 9.17) is 0 Å². The topological polar surface area (TPSA) is 303 Å². The fourth-order valence-electron chi connectivity index (χ4n) is 17.8. The molecule has 0 aliphatic heterocycles. The third-order valence-electron chi connectivity index (χ3n) is 25.2. The van der Waals surface area contributed by atoms with Gasteiger partial charge in [0.1, 0.15) is 86.2 Å².